The fourth-order valence-electron chi connectivity index (χ4n) is 3.85. The molecule has 0 aromatic heterocycles. The number of carbonyl (C=O) groups is 4. The minimum Gasteiger partial charge on any atom is -0.497 e. The first-order valence-electron chi connectivity index (χ1n) is 11.1. The van der Waals surface area contributed by atoms with Gasteiger partial charge in [0.05, 0.1) is 13.7 Å². The standard InChI is InChI=1S/C22H32N6O5/c1-14(2)24-22(32)28-11-10-27(21(31)25-15-6-4-7-16(12-15)33-3)13-18(28)20(30)26-17-8-5-9-23-19(17)29/h4,6-7,12,14,17-18H,5,8-11,13H2,1-3H3,(H,23,29)(H,24,32)(H,25,31)(H,26,30)/t17-,18-/m0/s1. The zero-order valence-electron chi connectivity index (χ0n) is 19.2. The van der Waals surface area contributed by atoms with Crippen LogP contribution in [0.25, 0.3) is 0 Å². The van der Waals surface area contributed by atoms with Gasteiger partial charge in [0.1, 0.15) is 17.8 Å². The topological polar surface area (TPSA) is 132 Å². The van der Waals surface area contributed by atoms with E-state index in [0.717, 1.165) is 6.42 Å². The van der Waals surface area contributed by atoms with Crippen LogP contribution in [0.5, 0.6) is 5.75 Å². The van der Waals surface area contributed by atoms with Gasteiger partial charge in [0.15, 0.2) is 0 Å². The number of methoxy groups -OCH3 is 1. The number of nitrogens with one attached hydrogen (secondary N) is 4. The number of piperazine rings is 1. The molecular weight excluding hydrogens is 428 g/mol. The van der Waals surface area contributed by atoms with Crippen molar-refractivity contribution >= 4 is 29.6 Å². The van der Waals surface area contributed by atoms with Crippen molar-refractivity contribution < 1.29 is 23.9 Å². The van der Waals surface area contributed by atoms with Gasteiger partial charge in [-0.25, -0.2) is 9.59 Å². The van der Waals surface area contributed by atoms with Crippen LogP contribution in [0.3, 0.4) is 0 Å². The third-order valence-corrected chi connectivity index (χ3v) is 5.57. The summed E-state index contributed by atoms with van der Waals surface area (Å²) < 4.78 is 5.18. The second-order valence-corrected chi connectivity index (χ2v) is 8.42. The molecule has 11 nitrogen and oxygen atoms in total. The van der Waals surface area contributed by atoms with Gasteiger partial charge in [0.25, 0.3) is 0 Å². The predicted molar refractivity (Wildman–Crippen MR) is 122 cm³/mol. The van der Waals surface area contributed by atoms with Crippen molar-refractivity contribution in [3.8, 4) is 5.75 Å². The Hall–Kier alpha value is -3.50. The van der Waals surface area contributed by atoms with Gasteiger partial charge in [-0.15, -0.1) is 0 Å². The number of piperidine rings is 1. The first kappa shape index (κ1) is 24.1. The summed E-state index contributed by atoms with van der Waals surface area (Å²) in [5.74, 6) is -0.1000. The molecule has 33 heavy (non-hydrogen) atoms. The summed E-state index contributed by atoms with van der Waals surface area (Å²) >= 11 is 0. The molecule has 3 rings (SSSR count). The maximum atomic E-state index is 13.1. The van der Waals surface area contributed by atoms with Crippen molar-refractivity contribution in [1.29, 1.82) is 0 Å². The molecule has 11 heteroatoms. The molecule has 2 atom stereocenters. The summed E-state index contributed by atoms with van der Waals surface area (Å²) in [6.07, 6.45) is 1.29. The monoisotopic (exact) mass is 460 g/mol. The SMILES string of the molecule is COc1cccc(NC(=O)N2CCN(C(=O)NC(C)C)[C@H](C(=O)N[C@H]3CCCNC3=O)C2)c1. The number of rotatable bonds is 5. The number of nitrogens with zero attached hydrogens (tertiary/aromatic N) is 2. The highest BCUT2D eigenvalue weighted by Gasteiger charge is 2.38. The molecule has 1 aromatic carbocycles. The molecule has 0 aliphatic carbocycles. The van der Waals surface area contributed by atoms with E-state index >= 15 is 0 Å². The molecular formula is C22H32N6O5. The van der Waals surface area contributed by atoms with E-state index in [4.69, 9.17) is 4.74 Å². The summed E-state index contributed by atoms with van der Waals surface area (Å²) in [6.45, 7) is 4.68. The lowest BCUT2D eigenvalue weighted by Gasteiger charge is -2.41. The summed E-state index contributed by atoms with van der Waals surface area (Å²) in [4.78, 5) is 53.8. The number of urea groups is 2. The third kappa shape index (κ3) is 6.27. The van der Waals surface area contributed by atoms with Gasteiger partial charge in [-0.05, 0) is 38.8 Å². The van der Waals surface area contributed by atoms with Gasteiger partial charge in [-0.3, -0.25) is 9.59 Å². The van der Waals surface area contributed by atoms with Gasteiger partial charge in [0.2, 0.25) is 11.8 Å². The summed E-state index contributed by atoms with van der Waals surface area (Å²) in [5, 5.41) is 11.1. The smallest absolute Gasteiger partial charge is 0.321 e. The molecule has 0 radical (unpaired) electrons. The van der Waals surface area contributed by atoms with Crippen LogP contribution in [0.2, 0.25) is 0 Å². The molecule has 4 N–H and O–H groups in total. The minimum absolute atomic E-state index is 0.00148. The first-order valence-corrected chi connectivity index (χ1v) is 11.1. The van der Waals surface area contributed by atoms with Crippen LogP contribution >= 0.6 is 0 Å². The number of carbonyl (C=O) groups excluding carboxylic acids is 4. The zero-order chi connectivity index (χ0) is 24.0. The summed E-state index contributed by atoms with van der Waals surface area (Å²) in [6, 6.07) is 4.49. The normalized spacial score (nSPS) is 20.7. The van der Waals surface area contributed by atoms with E-state index in [2.05, 4.69) is 21.3 Å². The maximum absolute atomic E-state index is 13.1. The molecule has 180 valence electrons. The Morgan fingerprint density at radius 1 is 1.18 bits per heavy atom. The number of amides is 6. The molecule has 1 aromatic rings. The Morgan fingerprint density at radius 3 is 2.67 bits per heavy atom. The molecule has 2 saturated heterocycles. The van der Waals surface area contributed by atoms with Crippen molar-refractivity contribution in [2.24, 2.45) is 0 Å². The first-order chi connectivity index (χ1) is 15.8. The van der Waals surface area contributed by atoms with Crippen molar-refractivity contribution in [1.82, 2.24) is 25.8 Å². The van der Waals surface area contributed by atoms with E-state index < -0.39 is 18.0 Å². The van der Waals surface area contributed by atoms with Crippen molar-refractivity contribution in [3.63, 3.8) is 0 Å². The molecule has 0 bridgehead atoms. The van der Waals surface area contributed by atoms with E-state index in [1.54, 1.807) is 24.3 Å². The van der Waals surface area contributed by atoms with Crippen LogP contribution in [0.4, 0.5) is 15.3 Å². The number of anilines is 1. The van der Waals surface area contributed by atoms with Crippen LogP contribution in [-0.2, 0) is 9.59 Å². The Kier molecular flexibility index (Phi) is 7.96. The van der Waals surface area contributed by atoms with Gasteiger partial charge >= 0.3 is 12.1 Å². The second kappa shape index (κ2) is 10.9. The number of benzene rings is 1. The predicted octanol–water partition coefficient (Wildman–Crippen LogP) is 0.726. The highest BCUT2D eigenvalue weighted by molar-refractivity contribution is 5.94. The van der Waals surface area contributed by atoms with E-state index in [-0.39, 0.29) is 43.6 Å². The highest BCUT2D eigenvalue weighted by atomic mass is 16.5. The quantitative estimate of drug-likeness (QED) is 0.514. The van der Waals surface area contributed by atoms with Crippen molar-refractivity contribution in [2.45, 2.75) is 44.8 Å². The summed E-state index contributed by atoms with van der Waals surface area (Å²) in [5.41, 5.74) is 0.555. The summed E-state index contributed by atoms with van der Waals surface area (Å²) in [7, 11) is 1.54. The maximum Gasteiger partial charge on any atom is 0.321 e. The molecule has 0 saturated carbocycles. The average Bonchev–Trinajstić information content (AvgIpc) is 2.79. The lowest BCUT2D eigenvalue weighted by molar-refractivity contribution is -0.133. The Morgan fingerprint density at radius 2 is 1.97 bits per heavy atom. The van der Waals surface area contributed by atoms with Crippen LogP contribution in [0, 0.1) is 0 Å². The van der Waals surface area contributed by atoms with Crippen LogP contribution < -0.4 is 26.0 Å². The van der Waals surface area contributed by atoms with Gasteiger partial charge in [-0.2, -0.15) is 0 Å². The van der Waals surface area contributed by atoms with Crippen molar-refractivity contribution in [3.05, 3.63) is 24.3 Å². The van der Waals surface area contributed by atoms with Crippen LogP contribution in [-0.4, -0.2) is 85.1 Å². The van der Waals surface area contributed by atoms with E-state index in [9.17, 15) is 19.2 Å². The lowest BCUT2D eigenvalue weighted by Crippen LogP contribution is -2.65. The molecule has 2 heterocycles. The fourth-order valence-corrected chi connectivity index (χ4v) is 3.85. The molecule has 6 amide bonds. The molecule has 0 spiro atoms. The Balaban J connectivity index is 1.72. The largest absolute Gasteiger partial charge is 0.497 e. The lowest BCUT2D eigenvalue weighted by atomic mass is 10.1. The minimum atomic E-state index is -0.928. The van der Waals surface area contributed by atoms with E-state index in [0.29, 0.717) is 24.4 Å². The molecule has 2 aliphatic rings. The van der Waals surface area contributed by atoms with Crippen LogP contribution in [0.15, 0.2) is 24.3 Å². The average molecular weight is 461 g/mol. The number of hydrogen-bond donors (Lipinski definition) is 4. The third-order valence-electron chi connectivity index (χ3n) is 5.57. The number of ether oxygens (including phenoxy) is 1. The zero-order valence-corrected chi connectivity index (χ0v) is 19.2. The Labute approximate surface area is 193 Å². The fraction of sp³-hybridized carbons (Fsp3) is 0.545. The van der Waals surface area contributed by atoms with Crippen molar-refractivity contribution in [2.75, 3.05) is 38.6 Å². The molecule has 2 aliphatic heterocycles. The van der Waals surface area contributed by atoms with E-state index in [1.165, 1.54) is 16.9 Å². The molecule has 2 fully saturated rings. The highest BCUT2D eigenvalue weighted by Crippen LogP contribution is 2.19. The van der Waals surface area contributed by atoms with E-state index in [1.807, 2.05) is 13.8 Å². The second-order valence-electron chi connectivity index (χ2n) is 8.42. The van der Waals surface area contributed by atoms with Gasteiger partial charge < -0.3 is 35.8 Å². The molecule has 0 unspecified atom stereocenters. The Bertz CT molecular complexity index is 892. The van der Waals surface area contributed by atoms with Crippen LogP contribution in [0.1, 0.15) is 26.7 Å². The van der Waals surface area contributed by atoms with Gasteiger partial charge in [0, 0.05) is 37.4 Å². The van der Waals surface area contributed by atoms with Gasteiger partial charge in [-0.1, -0.05) is 6.07 Å². The number of hydrogen-bond acceptors (Lipinski definition) is 5.